The molecule has 0 amide bonds. The summed E-state index contributed by atoms with van der Waals surface area (Å²) in [5.41, 5.74) is 5.37. The highest BCUT2D eigenvalue weighted by atomic mass is 16.5. The Bertz CT molecular complexity index is 281. The first-order valence-electron chi connectivity index (χ1n) is 11.8. The zero-order chi connectivity index (χ0) is 19.5. The maximum absolute atomic E-state index is 12.0. The predicted octanol–water partition coefficient (Wildman–Crippen LogP) is 7.52. The molecule has 0 aromatic rings. The summed E-state index contributed by atoms with van der Waals surface area (Å²) in [5.74, 6) is 0. The van der Waals surface area contributed by atoms with Crippen LogP contribution in [0, 0.1) is 5.21 Å². The van der Waals surface area contributed by atoms with Crippen LogP contribution in [0.15, 0.2) is 0 Å². The minimum absolute atomic E-state index is 0.589. The highest BCUT2D eigenvalue weighted by Crippen LogP contribution is 2.16. The summed E-state index contributed by atoms with van der Waals surface area (Å²) in [6.07, 6.45) is 23.5. The summed E-state index contributed by atoms with van der Waals surface area (Å²) in [6, 6.07) is 0. The molecular formula is C23H49N2O-. The second kappa shape index (κ2) is 18.3. The van der Waals surface area contributed by atoms with Crippen LogP contribution in [0.5, 0.6) is 0 Å². The summed E-state index contributed by atoms with van der Waals surface area (Å²) in [6.45, 7) is 6.81. The molecule has 3 heteroatoms. The molecule has 0 aliphatic heterocycles. The van der Waals surface area contributed by atoms with E-state index >= 15 is 0 Å². The van der Waals surface area contributed by atoms with Gasteiger partial charge in [-0.1, -0.05) is 117 Å². The average Bonchev–Trinajstić information content (AvgIpc) is 2.61. The molecule has 0 aromatic heterocycles. The SMILES string of the molecule is CCCCCCCCCCCCCCCCCCN([O-])C(C)(N)CCC. The summed E-state index contributed by atoms with van der Waals surface area (Å²) in [4.78, 5) is 0. The molecule has 0 aliphatic carbocycles. The molecular weight excluding hydrogens is 320 g/mol. The van der Waals surface area contributed by atoms with Crippen molar-refractivity contribution < 1.29 is 0 Å². The van der Waals surface area contributed by atoms with Gasteiger partial charge in [-0.05, 0) is 26.3 Å². The third-order valence-corrected chi connectivity index (χ3v) is 5.54. The zero-order valence-electron chi connectivity index (χ0n) is 18.4. The third kappa shape index (κ3) is 16.1. The van der Waals surface area contributed by atoms with Crippen molar-refractivity contribution in [2.24, 2.45) is 5.73 Å². The van der Waals surface area contributed by atoms with Crippen molar-refractivity contribution in [1.82, 2.24) is 5.06 Å². The van der Waals surface area contributed by atoms with E-state index in [4.69, 9.17) is 5.73 Å². The zero-order valence-corrected chi connectivity index (χ0v) is 18.4. The molecule has 0 radical (unpaired) electrons. The molecule has 1 atom stereocenters. The topological polar surface area (TPSA) is 52.3 Å². The molecule has 0 fully saturated rings. The Hall–Kier alpha value is -0.120. The molecule has 3 nitrogen and oxygen atoms in total. The summed E-state index contributed by atoms with van der Waals surface area (Å²) in [5, 5.41) is 13.1. The van der Waals surface area contributed by atoms with Crippen molar-refractivity contribution in [2.45, 2.75) is 142 Å². The van der Waals surface area contributed by atoms with Crippen LogP contribution >= 0.6 is 0 Å². The van der Waals surface area contributed by atoms with Crippen molar-refractivity contribution in [3.63, 3.8) is 0 Å². The first kappa shape index (κ1) is 25.9. The molecule has 0 rings (SSSR count). The van der Waals surface area contributed by atoms with E-state index in [1.807, 2.05) is 6.92 Å². The smallest absolute Gasteiger partial charge is 0.0543 e. The van der Waals surface area contributed by atoms with Gasteiger partial charge in [-0.2, -0.15) is 0 Å². The standard InChI is InChI=1S/C23H49N2O/c1-4-6-7-8-9-10-11-12-13-14-15-16-17-18-19-20-22-25(26)23(3,24)21-5-2/h4-22,24H2,1-3H3/q-1. The number of nitrogens with zero attached hydrogens (tertiary/aromatic N) is 1. The molecule has 26 heavy (non-hydrogen) atoms. The van der Waals surface area contributed by atoms with Crippen LogP contribution < -0.4 is 5.73 Å². The van der Waals surface area contributed by atoms with Crippen LogP contribution in [0.3, 0.4) is 0 Å². The minimum Gasteiger partial charge on any atom is -0.784 e. The number of hydrogen-bond acceptors (Lipinski definition) is 3. The maximum atomic E-state index is 12.0. The van der Waals surface area contributed by atoms with E-state index in [0.29, 0.717) is 6.54 Å². The van der Waals surface area contributed by atoms with Gasteiger partial charge in [0, 0.05) is 0 Å². The fourth-order valence-corrected chi connectivity index (χ4v) is 3.69. The van der Waals surface area contributed by atoms with Crippen molar-refractivity contribution in [2.75, 3.05) is 6.54 Å². The fraction of sp³-hybridized carbons (Fsp3) is 1.00. The molecule has 0 saturated heterocycles. The Kier molecular flexibility index (Phi) is 18.2. The molecule has 0 aromatic carbocycles. The van der Waals surface area contributed by atoms with Gasteiger partial charge in [0.15, 0.2) is 0 Å². The minimum atomic E-state index is -0.676. The van der Waals surface area contributed by atoms with Gasteiger partial charge < -0.3 is 16.0 Å². The van der Waals surface area contributed by atoms with E-state index in [2.05, 4.69) is 13.8 Å². The molecule has 0 bridgehead atoms. The lowest BCUT2D eigenvalue weighted by atomic mass is 10.0. The van der Waals surface area contributed by atoms with Gasteiger partial charge in [0.2, 0.25) is 0 Å². The number of rotatable bonds is 20. The largest absolute Gasteiger partial charge is 0.784 e. The maximum Gasteiger partial charge on any atom is 0.0543 e. The van der Waals surface area contributed by atoms with Gasteiger partial charge in [0.05, 0.1) is 5.66 Å². The van der Waals surface area contributed by atoms with E-state index in [-0.39, 0.29) is 0 Å². The van der Waals surface area contributed by atoms with Crippen LogP contribution in [0.2, 0.25) is 0 Å². The highest BCUT2D eigenvalue weighted by molar-refractivity contribution is 4.79. The van der Waals surface area contributed by atoms with E-state index in [9.17, 15) is 5.21 Å². The van der Waals surface area contributed by atoms with Gasteiger partial charge in [0.1, 0.15) is 0 Å². The lowest BCUT2D eigenvalue weighted by Crippen LogP contribution is -2.50. The summed E-state index contributed by atoms with van der Waals surface area (Å²) >= 11 is 0. The van der Waals surface area contributed by atoms with E-state index in [0.717, 1.165) is 24.3 Å². The number of nitrogens with two attached hydrogens (primary N) is 1. The van der Waals surface area contributed by atoms with Crippen molar-refractivity contribution in [1.29, 1.82) is 0 Å². The Labute approximate surface area is 165 Å². The van der Waals surface area contributed by atoms with Crippen molar-refractivity contribution in [3.8, 4) is 0 Å². The van der Waals surface area contributed by atoms with Crippen LogP contribution in [-0.2, 0) is 0 Å². The molecule has 0 aliphatic rings. The van der Waals surface area contributed by atoms with Crippen molar-refractivity contribution in [3.05, 3.63) is 5.21 Å². The summed E-state index contributed by atoms with van der Waals surface area (Å²) in [7, 11) is 0. The van der Waals surface area contributed by atoms with E-state index in [1.54, 1.807) is 0 Å². The number of hydroxylamine groups is 2. The van der Waals surface area contributed by atoms with Crippen molar-refractivity contribution >= 4 is 0 Å². The number of unbranched alkanes of at least 4 members (excludes halogenated alkanes) is 15. The van der Waals surface area contributed by atoms with Crippen LogP contribution in [0.4, 0.5) is 0 Å². The predicted molar refractivity (Wildman–Crippen MR) is 117 cm³/mol. The Morgan fingerprint density at radius 3 is 1.31 bits per heavy atom. The lowest BCUT2D eigenvalue weighted by molar-refractivity contribution is 0.155. The summed E-state index contributed by atoms with van der Waals surface area (Å²) < 4.78 is 0. The molecule has 0 saturated carbocycles. The molecule has 0 heterocycles. The van der Waals surface area contributed by atoms with Crippen LogP contribution in [0.25, 0.3) is 0 Å². The highest BCUT2D eigenvalue weighted by Gasteiger charge is 2.18. The first-order valence-corrected chi connectivity index (χ1v) is 11.8. The fourth-order valence-electron chi connectivity index (χ4n) is 3.69. The van der Waals surface area contributed by atoms with E-state index in [1.165, 1.54) is 96.3 Å². The van der Waals surface area contributed by atoms with Gasteiger partial charge >= 0.3 is 0 Å². The average molecular weight is 370 g/mol. The second-order valence-corrected chi connectivity index (χ2v) is 8.51. The second-order valence-electron chi connectivity index (χ2n) is 8.51. The van der Waals surface area contributed by atoms with Gasteiger partial charge in [-0.15, -0.1) is 0 Å². The monoisotopic (exact) mass is 369 g/mol. The molecule has 0 spiro atoms. The van der Waals surface area contributed by atoms with Gasteiger partial charge in [-0.3, -0.25) is 0 Å². The third-order valence-electron chi connectivity index (χ3n) is 5.54. The quantitative estimate of drug-likeness (QED) is 0.137. The van der Waals surface area contributed by atoms with Gasteiger partial charge in [0.25, 0.3) is 0 Å². The molecule has 158 valence electrons. The lowest BCUT2D eigenvalue weighted by Gasteiger charge is -2.43. The number of hydrogen-bond donors (Lipinski definition) is 1. The van der Waals surface area contributed by atoms with E-state index < -0.39 is 5.66 Å². The van der Waals surface area contributed by atoms with Crippen LogP contribution in [-0.4, -0.2) is 17.3 Å². The normalized spacial score (nSPS) is 14.1. The van der Waals surface area contributed by atoms with Gasteiger partial charge in [-0.25, -0.2) is 0 Å². The Balaban J connectivity index is 3.22. The first-order chi connectivity index (χ1) is 12.5. The van der Waals surface area contributed by atoms with Crippen LogP contribution in [0.1, 0.15) is 136 Å². The Morgan fingerprint density at radius 2 is 0.962 bits per heavy atom. The molecule has 2 N–H and O–H groups in total. The Morgan fingerprint density at radius 1 is 0.615 bits per heavy atom. The molecule has 1 unspecified atom stereocenters.